The molecule has 3 N–H and O–H groups in total. The Bertz CT molecular complexity index is 1230. The van der Waals surface area contributed by atoms with Crippen LogP contribution in [-0.4, -0.2) is 51.6 Å². The van der Waals surface area contributed by atoms with Gasteiger partial charge in [-0.15, -0.1) is 11.8 Å². The molecule has 0 bridgehead atoms. The lowest BCUT2D eigenvalue weighted by molar-refractivity contribution is -0.137. The molecule has 4 rings (SSSR count). The number of aliphatic hydroxyl groups excluding tert-OH is 1. The summed E-state index contributed by atoms with van der Waals surface area (Å²) in [5.41, 5.74) is -0.901. The number of rotatable bonds is 6. The summed E-state index contributed by atoms with van der Waals surface area (Å²) < 4.78 is 40.3. The molecular weight excluding hydrogens is 477 g/mol. The van der Waals surface area contributed by atoms with E-state index in [1.165, 1.54) is 24.3 Å². The van der Waals surface area contributed by atoms with E-state index in [1.807, 2.05) is 0 Å². The van der Waals surface area contributed by atoms with Crippen LogP contribution in [-0.2, 0) is 6.18 Å². The van der Waals surface area contributed by atoms with Gasteiger partial charge in [0, 0.05) is 39.4 Å². The van der Waals surface area contributed by atoms with Crippen molar-refractivity contribution < 1.29 is 23.4 Å². The number of benzene rings is 2. The summed E-state index contributed by atoms with van der Waals surface area (Å²) in [6, 6.07) is 7.23. The average molecular weight is 499 g/mol. The minimum absolute atomic E-state index is 0.111. The lowest BCUT2D eigenvalue weighted by atomic mass is 9.98. The standard InChI is InChI=1S/C23H22ClF3N2O3S/c24-14-4-6-19(31)17(10-14)20-16-9-13(23(25,26)27)3-5-18(16)28-22(32)21(20)33-12-15(30)11-29-7-1-2-8-29/h3-6,9-10,15,30-31H,1-2,7-8,11-12H2,(H,28,32). The Kier molecular flexibility index (Phi) is 6.95. The van der Waals surface area contributed by atoms with Crippen LogP contribution in [0.4, 0.5) is 13.2 Å². The second-order valence-corrected chi connectivity index (χ2v) is 9.52. The van der Waals surface area contributed by atoms with Gasteiger partial charge in [0.05, 0.1) is 16.6 Å². The first-order valence-electron chi connectivity index (χ1n) is 10.4. The Labute approximate surface area is 197 Å². The highest BCUT2D eigenvalue weighted by atomic mass is 35.5. The molecule has 2 aromatic carbocycles. The molecule has 0 aliphatic carbocycles. The summed E-state index contributed by atoms with van der Waals surface area (Å²) in [6.07, 6.45) is -3.17. The van der Waals surface area contributed by atoms with Gasteiger partial charge in [-0.1, -0.05) is 11.6 Å². The number of hydrogen-bond donors (Lipinski definition) is 3. The second-order valence-electron chi connectivity index (χ2n) is 8.05. The highest BCUT2D eigenvalue weighted by Crippen LogP contribution is 2.42. The van der Waals surface area contributed by atoms with Gasteiger partial charge in [-0.2, -0.15) is 13.2 Å². The highest BCUT2D eigenvalue weighted by molar-refractivity contribution is 7.99. The van der Waals surface area contributed by atoms with E-state index in [0.717, 1.165) is 49.8 Å². The highest BCUT2D eigenvalue weighted by Gasteiger charge is 2.31. The van der Waals surface area contributed by atoms with Crippen molar-refractivity contribution in [3.05, 3.63) is 57.3 Å². The smallest absolute Gasteiger partial charge is 0.416 e. The van der Waals surface area contributed by atoms with Gasteiger partial charge in [-0.25, -0.2) is 0 Å². The molecule has 1 aliphatic heterocycles. The van der Waals surface area contributed by atoms with Crippen LogP contribution in [0, 0.1) is 0 Å². The molecule has 0 saturated carbocycles. The molecule has 1 unspecified atom stereocenters. The van der Waals surface area contributed by atoms with Gasteiger partial charge in [-0.3, -0.25) is 4.79 Å². The van der Waals surface area contributed by atoms with Crippen molar-refractivity contribution in [2.24, 2.45) is 0 Å². The van der Waals surface area contributed by atoms with Crippen LogP contribution >= 0.6 is 23.4 Å². The number of hydrogen-bond acceptors (Lipinski definition) is 5. The number of β-amino-alcohol motifs (C(OH)–C–C–N with tert-alkyl or cyclic N) is 1. The monoisotopic (exact) mass is 498 g/mol. The number of pyridine rings is 1. The maximum Gasteiger partial charge on any atom is 0.416 e. The zero-order valence-electron chi connectivity index (χ0n) is 17.5. The number of aliphatic hydroxyl groups is 1. The van der Waals surface area contributed by atoms with Gasteiger partial charge in [0.15, 0.2) is 0 Å². The molecule has 1 fully saturated rings. The number of phenolic OH excluding ortho intramolecular Hbond substituents is 1. The number of halogens is 4. The number of nitrogens with one attached hydrogen (secondary N) is 1. The van der Waals surface area contributed by atoms with Crippen LogP contribution in [0.1, 0.15) is 18.4 Å². The number of nitrogens with zero attached hydrogens (tertiary/aromatic N) is 1. The summed E-state index contributed by atoms with van der Waals surface area (Å²) in [6.45, 7) is 2.26. The number of phenols is 1. The minimum Gasteiger partial charge on any atom is -0.507 e. The predicted octanol–water partition coefficient (Wildman–Crippen LogP) is 5.12. The zero-order valence-corrected chi connectivity index (χ0v) is 19.0. The molecule has 2 heterocycles. The molecule has 1 saturated heterocycles. The number of aromatic nitrogens is 1. The quantitative estimate of drug-likeness (QED) is 0.411. The van der Waals surface area contributed by atoms with Crippen molar-refractivity contribution in [3.8, 4) is 16.9 Å². The molecule has 5 nitrogen and oxygen atoms in total. The fourth-order valence-electron chi connectivity index (χ4n) is 4.06. The van der Waals surface area contributed by atoms with Crippen molar-refractivity contribution in [1.29, 1.82) is 0 Å². The number of likely N-dealkylation sites (tertiary alicyclic amines) is 1. The third-order valence-corrected chi connectivity index (χ3v) is 7.08. The summed E-state index contributed by atoms with van der Waals surface area (Å²) in [5.74, 6) is -0.0542. The van der Waals surface area contributed by atoms with E-state index in [4.69, 9.17) is 11.6 Å². The van der Waals surface area contributed by atoms with E-state index in [1.54, 1.807) is 0 Å². The Morgan fingerprint density at radius 1 is 1.15 bits per heavy atom. The Balaban J connectivity index is 1.82. The fraction of sp³-hybridized carbons (Fsp3) is 0.348. The van der Waals surface area contributed by atoms with Gasteiger partial charge in [0.25, 0.3) is 5.56 Å². The second kappa shape index (κ2) is 9.58. The molecule has 1 atom stereocenters. The molecule has 1 aliphatic rings. The largest absolute Gasteiger partial charge is 0.507 e. The van der Waals surface area contributed by atoms with Crippen LogP contribution < -0.4 is 5.56 Å². The van der Waals surface area contributed by atoms with Gasteiger partial charge in [-0.05, 0) is 62.3 Å². The molecule has 176 valence electrons. The molecule has 33 heavy (non-hydrogen) atoms. The van der Waals surface area contributed by atoms with Crippen LogP contribution in [0.15, 0.2) is 46.1 Å². The number of thioether (sulfide) groups is 1. The first kappa shape index (κ1) is 23.9. The molecular formula is C23H22ClF3N2O3S. The average Bonchev–Trinajstić information content (AvgIpc) is 3.25. The third kappa shape index (κ3) is 5.32. The van der Waals surface area contributed by atoms with Gasteiger partial charge < -0.3 is 20.1 Å². The van der Waals surface area contributed by atoms with Crippen LogP contribution in [0.2, 0.25) is 5.02 Å². The Morgan fingerprint density at radius 2 is 1.88 bits per heavy atom. The number of fused-ring (bicyclic) bond motifs is 1. The van der Waals surface area contributed by atoms with Crippen LogP contribution in [0.3, 0.4) is 0 Å². The minimum atomic E-state index is -4.59. The molecule has 10 heteroatoms. The summed E-state index contributed by atoms with van der Waals surface area (Å²) >= 11 is 7.15. The van der Waals surface area contributed by atoms with Crippen molar-refractivity contribution in [2.45, 2.75) is 30.0 Å². The first-order chi connectivity index (χ1) is 15.6. The summed E-state index contributed by atoms with van der Waals surface area (Å²) in [7, 11) is 0. The maximum atomic E-state index is 13.4. The van der Waals surface area contributed by atoms with Crippen molar-refractivity contribution in [1.82, 2.24) is 9.88 Å². The van der Waals surface area contributed by atoms with Crippen LogP contribution in [0.5, 0.6) is 5.75 Å². The van der Waals surface area contributed by atoms with Crippen molar-refractivity contribution in [2.75, 3.05) is 25.4 Å². The predicted molar refractivity (Wildman–Crippen MR) is 124 cm³/mol. The first-order valence-corrected chi connectivity index (χ1v) is 11.8. The van der Waals surface area contributed by atoms with E-state index in [0.29, 0.717) is 6.54 Å². The van der Waals surface area contributed by atoms with Gasteiger partial charge in [0.1, 0.15) is 5.75 Å². The normalized spacial score (nSPS) is 15.9. The summed E-state index contributed by atoms with van der Waals surface area (Å²) in [4.78, 5) is 17.8. The Morgan fingerprint density at radius 3 is 2.58 bits per heavy atom. The third-order valence-electron chi connectivity index (χ3n) is 5.61. The SMILES string of the molecule is O=c1[nH]c2ccc(C(F)(F)F)cc2c(-c2cc(Cl)ccc2O)c1SCC(O)CN1CCCC1. The lowest BCUT2D eigenvalue weighted by Crippen LogP contribution is -2.31. The Hall–Kier alpha value is -2.20. The zero-order chi connectivity index (χ0) is 23.8. The summed E-state index contributed by atoms with van der Waals surface area (Å²) in [5, 5.41) is 21.4. The van der Waals surface area contributed by atoms with Crippen LogP contribution in [0.25, 0.3) is 22.0 Å². The number of aromatic hydroxyl groups is 1. The molecule has 0 spiro atoms. The van der Waals surface area contributed by atoms with Crippen molar-refractivity contribution in [3.63, 3.8) is 0 Å². The van der Waals surface area contributed by atoms with Crippen molar-refractivity contribution >= 4 is 34.3 Å². The molecule has 1 aromatic heterocycles. The number of alkyl halides is 3. The molecule has 3 aromatic rings. The van der Waals surface area contributed by atoms with E-state index in [9.17, 15) is 28.2 Å². The lowest BCUT2D eigenvalue weighted by Gasteiger charge is -2.20. The van der Waals surface area contributed by atoms with E-state index in [-0.39, 0.29) is 43.5 Å². The number of aromatic amines is 1. The van der Waals surface area contributed by atoms with Gasteiger partial charge in [0.2, 0.25) is 0 Å². The van der Waals surface area contributed by atoms with E-state index >= 15 is 0 Å². The topological polar surface area (TPSA) is 76.6 Å². The molecule has 0 radical (unpaired) electrons. The molecule has 0 amide bonds. The maximum absolute atomic E-state index is 13.4. The van der Waals surface area contributed by atoms with E-state index < -0.39 is 23.4 Å². The van der Waals surface area contributed by atoms with E-state index in [2.05, 4.69) is 9.88 Å². The number of H-pyrrole nitrogens is 1. The van der Waals surface area contributed by atoms with Gasteiger partial charge >= 0.3 is 6.18 Å². The fourth-order valence-corrected chi connectivity index (χ4v) is 5.24.